The Morgan fingerprint density at radius 3 is 2.48 bits per heavy atom. The highest BCUT2D eigenvalue weighted by Crippen LogP contribution is 2.27. The molecule has 2 amide bonds. The smallest absolute Gasteiger partial charge is 0.319 e. The van der Waals surface area contributed by atoms with Gasteiger partial charge in [-0.25, -0.2) is 4.79 Å². The predicted octanol–water partition coefficient (Wildman–Crippen LogP) is 2.25. The van der Waals surface area contributed by atoms with Gasteiger partial charge in [0.15, 0.2) is 0 Å². The molecule has 2 atom stereocenters. The molecule has 2 bridgehead atoms. The van der Waals surface area contributed by atoms with Gasteiger partial charge in [0, 0.05) is 37.4 Å². The molecule has 1 saturated carbocycles. The number of piperidine rings is 2. The Morgan fingerprint density at radius 1 is 1.09 bits per heavy atom. The van der Waals surface area contributed by atoms with Crippen molar-refractivity contribution in [1.82, 2.24) is 5.32 Å². The minimum Gasteiger partial charge on any atom is -0.335 e. The van der Waals surface area contributed by atoms with Crippen LogP contribution >= 0.6 is 0 Å². The topological polar surface area (TPSA) is 45.6 Å². The Balaban J connectivity index is 1.35. The minimum absolute atomic E-state index is 0.0476. The SMILES string of the molecule is Cc1cccc(NC(=O)NC2C[C@H]3CCC[C@H](C2)[NH+]3C2CC2)c1. The first kappa shape index (κ1) is 15.0. The lowest BCUT2D eigenvalue weighted by Gasteiger charge is -2.46. The van der Waals surface area contributed by atoms with E-state index in [4.69, 9.17) is 0 Å². The maximum absolute atomic E-state index is 12.3. The second-order valence-corrected chi connectivity index (χ2v) is 7.74. The van der Waals surface area contributed by atoms with Crippen molar-refractivity contribution in [3.05, 3.63) is 29.8 Å². The molecule has 3 N–H and O–H groups in total. The lowest BCUT2D eigenvalue weighted by molar-refractivity contribution is -0.971. The van der Waals surface area contributed by atoms with E-state index < -0.39 is 0 Å². The second-order valence-electron chi connectivity index (χ2n) is 7.74. The monoisotopic (exact) mass is 314 g/mol. The van der Waals surface area contributed by atoms with E-state index in [0.717, 1.165) is 36.7 Å². The van der Waals surface area contributed by atoms with Gasteiger partial charge in [-0.2, -0.15) is 0 Å². The predicted molar refractivity (Wildman–Crippen MR) is 91.8 cm³/mol. The summed E-state index contributed by atoms with van der Waals surface area (Å²) in [4.78, 5) is 14.2. The molecule has 0 spiro atoms. The number of hydrogen-bond acceptors (Lipinski definition) is 1. The largest absolute Gasteiger partial charge is 0.335 e. The Kier molecular flexibility index (Phi) is 4.02. The summed E-state index contributed by atoms with van der Waals surface area (Å²) in [5.74, 6) is 0. The lowest BCUT2D eigenvalue weighted by atomic mass is 9.81. The molecule has 2 saturated heterocycles. The van der Waals surface area contributed by atoms with E-state index >= 15 is 0 Å². The average Bonchev–Trinajstić information content (AvgIpc) is 3.30. The summed E-state index contributed by atoms with van der Waals surface area (Å²) in [6.07, 6.45) is 9.24. The number of hydrogen-bond donors (Lipinski definition) is 3. The Labute approximate surface area is 138 Å². The first-order chi connectivity index (χ1) is 11.2. The van der Waals surface area contributed by atoms with E-state index in [-0.39, 0.29) is 6.03 Å². The van der Waals surface area contributed by atoms with Crippen LogP contribution < -0.4 is 15.5 Å². The molecule has 4 heteroatoms. The number of carbonyl (C=O) groups excluding carboxylic acids is 1. The van der Waals surface area contributed by atoms with Crippen LogP contribution in [0.25, 0.3) is 0 Å². The standard InChI is InChI=1S/C19H27N3O/c1-13-4-2-5-14(10-13)20-19(23)21-15-11-17-6-3-7-18(12-15)22(17)16-8-9-16/h2,4-5,10,15-18H,3,6-9,11-12H2,1H3,(H2,20,21,23)/p+1/t17-,18-/m1/s1. The van der Waals surface area contributed by atoms with Gasteiger partial charge < -0.3 is 15.5 Å². The van der Waals surface area contributed by atoms with E-state index in [2.05, 4.69) is 10.6 Å². The molecule has 0 radical (unpaired) electrons. The maximum Gasteiger partial charge on any atom is 0.319 e. The summed E-state index contributed by atoms with van der Waals surface area (Å²) in [6, 6.07) is 10.8. The molecule has 3 aliphatic rings. The van der Waals surface area contributed by atoms with Gasteiger partial charge >= 0.3 is 6.03 Å². The molecule has 2 heterocycles. The van der Waals surface area contributed by atoms with Gasteiger partial charge in [0.2, 0.25) is 0 Å². The van der Waals surface area contributed by atoms with Crippen LogP contribution in [-0.4, -0.2) is 30.2 Å². The molecule has 4 nitrogen and oxygen atoms in total. The molecule has 1 aromatic rings. The van der Waals surface area contributed by atoms with Gasteiger partial charge in [-0.1, -0.05) is 12.1 Å². The number of aryl methyl sites for hydroxylation is 1. The molecule has 4 rings (SSSR count). The van der Waals surface area contributed by atoms with Crippen LogP contribution in [-0.2, 0) is 0 Å². The zero-order valence-electron chi connectivity index (χ0n) is 14.0. The van der Waals surface area contributed by atoms with E-state index in [9.17, 15) is 4.79 Å². The minimum atomic E-state index is -0.0476. The summed E-state index contributed by atoms with van der Waals surface area (Å²) >= 11 is 0. The Morgan fingerprint density at radius 2 is 1.83 bits per heavy atom. The first-order valence-corrected chi connectivity index (χ1v) is 9.20. The molecule has 2 aliphatic heterocycles. The molecular weight excluding hydrogens is 286 g/mol. The summed E-state index contributed by atoms with van der Waals surface area (Å²) in [5.41, 5.74) is 2.04. The van der Waals surface area contributed by atoms with E-state index in [1.807, 2.05) is 36.1 Å². The molecule has 124 valence electrons. The number of urea groups is 1. The molecule has 0 unspecified atom stereocenters. The van der Waals surface area contributed by atoms with Crippen molar-refractivity contribution >= 4 is 11.7 Å². The van der Waals surface area contributed by atoms with E-state index in [1.54, 1.807) is 0 Å². The highest BCUT2D eigenvalue weighted by molar-refractivity contribution is 5.89. The fourth-order valence-corrected chi connectivity index (χ4v) is 4.84. The van der Waals surface area contributed by atoms with Crippen LogP contribution in [0.1, 0.15) is 50.5 Å². The number of benzene rings is 1. The molecule has 3 fully saturated rings. The number of anilines is 1. The van der Waals surface area contributed by atoms with Crippen LogP contribution in [0.3, 0.4) is 0 Å². The number of amides is 2. The summed E-state index contributed by atoms with van der Waals surface area (Å²) in [5, 5.41) is 6.22. The normalized spacial score (nSPS) is 33.1. The molecule has 1 aliphatic carbocycles. The Bertz CT molecular complexity index is 570. The summed E-state index contributed by atoms with van der Waals surface area (Å²) < 4.78 is 0. The quantitative estimate of drug-likeness (QED) is 0.787. The van der Waals surface area contributed by atoms with Gasteiger partial charge in [0.25, 0.3) is 0 Å². The van der Waals surface area contributed by atoms with Crippen LogP contribution in [0, 0.1) is 6.92 Å². The maximum atomic E-state index is 12.3. The first-order valence-electron chi connectivity index (χ1n) is 9.20. The molecule has 0 aromatic heterocycles. The highest BCUT2D eigenvalue weighted by Gasteiger charge is 2.48. The third-order valence-corrected chi connectivity index (χ3v) is 5.85. The van der Waals surface area contributed by atoms with Crippen LogP contribution in [0.4, 0.5) is 10.5 Å². The van der Waals surface area contributed by atoms with Crippen molar-refractivity contribution in [3.8, 4) is 0 Å². The van der Waals surface area contributed by atoms with Gasteiger partial charge in [-0.3, -0.25) is 0 Å². The summed E-state index contributed by atoms with van der Waals surface area (Å²) in [7, 11) is 0. The van der Waals surface area contributed by atoms with Crippen molar-refractivity contribution < 1.29 is 9.69 Å². The van der Waals surface area contributed by atoms with Gasteiger partial charge in [-0.15, -0.1) is 0 Å². The van der Waals surface area contributed by atoms with E-state index in [1.165, 1.54) is 37.7 Å². The zero-order chi connectivity index (χ0) is 15.8. The zero-order valence-corrected chi connectivity index (χ0v) is 14.0. The second kappa shape index (κ2) is 6.16. The van der Waals surface area contributed by atoms with E-state index in [0.29, 0.717) is 6.04 Å². The molecule has 1 aromatic carbocycles. The van der Waals surface area contributed by atoms with Gasteiger partial charge in [0.1, 0.15) is 0 Å². The average molecular weight is 314 g/mol. The third kappa shape index (κ3) is 3.37. The molecule has 23 heavy (non-hydrogen) atoms. The number of rotatable bonds is 3. The highest BCUT2D eigenvalue weighted by atomic mass is 16.2. The third-order valence-electron chi connectivity index (χ3n) is 5.85. The molecular formula is C19H28N3O+. The van der Waals surface area contributed by atoms with Gasteiger partial charge in [0.05, 0.1) is 18.1 Å². The van der Waals surface area contributed by atoms with Crippen molar-refractivity contribution in [2.24, 2.45) is 0 Å². The number of fused-ring (bicyclic) bond motifs is 2. The van der Waals surface area contributed by atoms with Crippen molar-refractivity contribution in [3.63, 3.8) is 0 Å². The lowest BCUT2D eigenvalue weighted by Crippen LogP contribution is -3.22. The fraction of sp³-hybridized carbons (Fsp3) is 0.632. The van der Waals surface area contributed by atoms with Gasteiger partial charge in [-0.05, 0) is 43.9 Å². The number of carbonyl (C=O) groups is 1. The van der Waals surface area contributed by atoms with Crippen LogP contribution in [0.15, 0.2) is 24.3 Å². The van der Waals surface area contributed by atoms with Crippen molar-refractivity contribution in [2.75, 3.05) is 5.32 Å². The van der Waals surface area contributed by atoms with Crippen molar-refractivity contribution in [2.45, 2.75) is 76.0 Å². The number of quaternary nitrogens is 1. The van der Waals surface area contributed by atoms with Crippen LogP contribution in [0.2, 0.25) is 0 Å². The Hall–Kier alpha value is -1.55. The number of nitrogens with one attached hydrogen (secondary N) is 3. The summed E-state index contributed by atoms with van der Waals surface area (Å²) in [6.45, 7) is 2.04. The van der Waals surface area contributed by atoms with Crippen molar-refractivity contribution in [1.29, 1.82) is 0 Å². The fourth-order valence-electron chi connectivity index (χ4n) is 4.84. The van der Waals surface area contributed by atoms with Crippen LogP contribution in [0.5, 0.6) is 0 Å².